The fourth-order valence-corrected chi connectivity index (χ4v) is 1.31. The minimum atomic E-state index is -2.01. The number of aliphatic hydroxyl groups is 3. The average molecular weight is 272 g/mol. The van der Waals surface area contributed by atoms with Crippen LogP contribution in [0.4, 0.5) is 11.4 Å². The lowest BCUT2D eigenvalue weighted by molar-refractivity contribution is -0.384. The molecule has 0 bridgehead atoms. The third kappa shape index (κ3) is 5.08. The largest absolute Gasteiger partial charge is 0.488 e. The normalized spacial score (nSPS) is 11.2. The van der Waals surface area contributed by atoms with Crippen molar-refractivity contribution < 1.29 is 25.0 Å². The van der Waals surface area contributed by atoms with Gasteiger partial charge < -0.3 is 25.4 Å². The minimum Gasteiger partial charge on any atom is -0.488 e. The van der Waals surface area contributed by atoms with Crippen molar-refractivity contribution in [2.45, 2.75) is 12.7 Å². The number of hydrogen-bond acceptors (Lipinski definition) is 7. The highest BCUT2D eigenvalue weighted by Gasteiger charge is 2.18. The van der Waals surface area contributed by atoms with E-state index in [2.05, 4.69) is 5.32 Å². The van der Waals surface area contributed by atoms with E-state index in [0.29, 0.717) is 0 Å². The van der Waals surface area contributed by atoms with Crippen molar-refractivity contribution in [1.82, 2.24) is 0 Å². The molecule has 0 unspecified atom stereocenters. The Balaban J connectivity index is 2.86. The number of rotatable bonds is 7. The fourth-order valence-electron chi connectivity index (χ4n) is 1.31. The topological polar surface area (TPSA) is 125 Å². The van der Waals surface area contributed by atoms with E-state index < -0.39 is 17.3 Å². The standard InChI is InChI=1S/C11H16N2O6/c1-11(15,16)7-19-8-2-3-9(12-4-5-14)10(6-8)13(17)18/h2-3,6,12,14-16H,4-5,7H2,1H3. The molecule has 0 aliphatic heterocycles. The zero-order valence-electron chi connectivity index (χ0n) is 10.4. The van der Waals surface area contributed by atoms with E-state index in [9.17, 15) is 10.1 Å². The van der Waals surface area contributed by atoms with Crippen LogP contribution in [-0.4, -0.2) is 45.8 Å². The molecule has 8 heteroatoms. The first-order valence-electron chi connectivity index (χ1n) is 5.54. The van der Waals surface area contributed by atoms with Crippen LogP contribution in [0.15, 0.2) is 18.2 Å². The van der Waals surface area contributed by atoms with Crippen molar-refractivity contribution in [3.05, 3.63) is 28.3 Å². The highest BCUT2D eigenvalue weighted by atomic mass is 16.6. The van der Waals surface area contributed by atoms with Gasteiger partial charge in [-0.05, 0) is 19.1 Å². The quantitative estimate of drug-likeness (QED) is 0.314. The van der Waals surface area contributed by atoms with Crippen molar-refractivity contribution in [2.75, 3.05) is 25.1 Å². The minimum absolute atomic E-state index is 0.149. The summed E-state index contributed by atoms with van der Waals surface area (Å²) in [5.41, 5.74) is 0.0330. The van der Waals surface area contributed by atoms with E-state index in [0.717, 1.165) is 6.92 Å². The summed E-state index contributed by atoms with van der Waals surface area (Å²) in [6.45, 7) is 0.765. The molecular weight excluding hydrogens is 256 g/mol. The zero-order valence-corrected chi connectivity index (χ0v) is 10.4. The lowest BCUT2D eigenvalue weighted by atomic mass is 10.2. The van der Waals surface area contributed by atoms with Crippen molar-refractivity contribution in [2.24, 2.45) is 0 Å². The van der Waals surface area contributed by atoms with Crippen LogP contribution < -0.4 is 10.1 Å². The van der Waals surface area contributed by atoms with E-state index in [1.54, 1.807) is 0 Å². The van der Waals surface area contributed by atoms with Crippen LogP contribution in [0.3, 0.4) is 0 Å². The molecule has 1 aromatic rings. The summed E-state index contributed by atoms with van der Waals surface area (Å²) in [5, 5.41) is 40.4. The number of nitro benzene ring substituents is 1. The molecule has 0 aliphatic carbocycles. The number of aliphatic hydroxyl groups excluding tert-OH is 1. The van der Waals surface area contributed by atoms with Gasteiger partial charge in [-0.2, -0.15) is 0 Å². The van der Waals surface area contributed by atoms with Crippen molar-refractivity contribution in [3.8, 4) is 5.75 Å². The van der Waals surface area contributed by atoms with Gasteiger partial charge in [-0.25, -0.2) is 0 Å². The number of anilines is 1. The molecular formula is C11H16N2O6. The van der Waals surface area contributed by atoms with Crippen LogP contribution in [0, 0.1) is 10.1 Å². The highest BCUT2D eigenvalue weighted by molar-refractivity contribution is 5.63. The van der Waals surface area contributed by atoms with Gasteiger partial charge in [-0.1, -0.05) is 0 Å². The Morgan fingerprint density at radius 3 is 2.68 bits per heavy atom. The monoisotopic (exact) mass is 272 g/mol. The summed E-state index contributed by atoms with van der Waals surface area (Å²) in [7, 11) is 0. The van der Waals surface area contributed by atoms with E-state index in [1.807, 2.05) is 0 Å². The molecule has 0 saturated heterocycles. The molecule has 0 aliphatic rings. The average Bonchev–Trinajstić information content (AvgIpc) is 2.33. The SMILES string of the molecule is CC(O)(O)COc1ccc(NCCO)c([N+](=O)[O-])c1. The Labute approximate surface area is 109 Å². The van der Waals surface area contributed by atoms with Gasteiger partial charge in [0, 0.05) is 6.54 Å². The van der Waals surface area contributed by atoms with Crippen LogP contribution in [0.5, 0.6) is 5.75 Å². The molecule has 4 N–H and O–H groups in total. The molecule has 0 aromatic heterocycles. The molecule has 0 atom stereocenters. The lowest BCUT2D eigenvalue weighted by Crippen LogP contribution is -2.31. The lowest BCUT2D eigenvalue weighted by Gasteiger charge is -2.16. The van der Waals surface area contributed by atoms with Crippen molar-refractivity contribution in [1.29, 1.82) is 0 Å². The molecule has 19 heavy (non-hydrogen) atoms. The predicted octanol–water partition coefficient (Wildman–Crippen LogP) is 0.0786. The number of hydrogen-bond donors (Lipinski definition) is 4. The summed E-state index contributed by atoms with van der Waals surface area (Å²) in [6.07, 6.45) is 0. The molecule has 0 fully saturated rings. The smallest absolute Gasteiger partial charge is 0.296 e. The summed E-state index contributed by atoms with van der Waals surface area (Å²) < 4.78 is 5.04. The summed E-state index contributed by atoms with van der Waals surface area (Å²) in [5.74, 6) is -1.86. The maximum Gasteiger partial charge on any atom is 0.296 e. The number of nitro groups is 1. The van der Waals surface area contributed by atoms with E-state index >= 15 is 0 Å². The van der Waals surface area contributed by atoms with Gasteiger partial charge in [0.1, 0.15) is 18.0 Å². The zero-order chi connectivity index (χ0) is 14.5. The Kier molecular flexibility index (Phi) is 5.04. The van der Waals surface area contributed by atoms with E-state index in [4.69, 9.17) is 20.1 Å². The maximum atomic E-state index is 10.9. The second kappa shape index (κ2) is 6.32. The van der Waals surface area contributed by atoms with Gasteiger partial charge in [0.15, 0.2) is 5.79 Å². The predicted molar refractivity (Wildman–Crippen MR) is 67.0 cm³/mol. The maximum absolute atomic E-state index is 10.9. The van der Waals surface area contributed by atoms with E-state index in [-0.39, 0.29) is 30.3 Å². The first-order valence-corrected chi connectivity index (χ1v) is 5.54. The van der Waals surface area contributed by atoms with Crippen LogP contribution in [0.1, 0.15) is 6.92 Å². The van der Waals surface area contributed by atoms with Crippen LogP contribution in [-0.2, 0) is 0 Å². The summed E-state index contributed by atoms with van der Waals surface area (Å²) >= 11 is 0. The number of benzene rings is 1. The molecule has 106 valence electrons. The van der Waals surface area contributed by atoms with E-state index in [1.165, 1.54) is 18.2 Å². The first kappa shape index (κ1) is 15.2. The number of nitrogens with zero attached hydrogens (tertiary/aromatic N) is 1. The van der Waals surface area contributed by atoms with Gasteiger partial charge in [0.2, 0.25) is 0 Å². The molecule has 1 aromatic carbocycles. The molecule has 0 radical (unpaired) electrons. The van der Waals surface area contributed by atoms with Crippen molar-refractivity contribution in [3.63, 3.8) is 0 Å². The third-order valence-electron chi connectivity index (χ3n) is 2.11. The van der Waals surface area contributed by atoms with Gasteiger partial charge in [0.25, 0.3) is 5.69 Å². The third-order valence-corrected chi connectivity index (χ3v) is 2.11. The van der Waals surface area contributed by atoms with Crippen LogP contribution >= 0.6 is 0 Å². The molecule has 1 rings (SSSR count). The van der Waals surface area contributed by atoms with Gasteiger partial charge in [0.05, 0.1) is 17.6 Å². The molecule has 8 nitrogen and oxygen atoms in total. The number of nitrogens with one attached hydrogen (secondary N) is 1. The van der Waals surface area contributed by atoms with Gasteiger partial charge in [-0.15, -0.1) is 0 Å². The highest BCUT2D eigenvalue weighted by Crippen LogP contribution is 2.29. The molecule has 0 spiro atoms. The van der Waals surface area contributed by atoms with Crippen molar-refractivity contribution >= 4 is 11.4 Å². The second-order valence-electron chi connectivity index (χ2n) is 4.09. The second-order valence-corrected chi connectivity index (χ2v) is 4.09. The summed E-state index contributed by atoms with van der Waals surface area (Å²) in [4.78, 5) is 10.3. The molecule has 0 amide bonds. The molecule has 0 saturated carbocycles. The fraction of sp³-hybridized carbons (Fsp3) is 0.455. The summed E-state index contributed by atoms with van der Waals surface area (Å²) in [6, 6.07) is 4.05. The van der Waals surface area contributed by atoms with Gasteiger partial charge >= 0.3 is 0 Å². The Morgan fingerprint density at radius 2 is 2.16 bits per heavy atom. The Morgan fingerprint density at radius 1 is 1.47 bits per heavy atom. The van der Waals surface area contributed by atoms with Crippen LogP contribution in [0.25, 0.3) is 0 Å². The Bertz CT molecular complexity index is 443. The Hall–Kier alpha value is -1.90. The van der Waals surface area contributed by atoms with Gasteiger partial charge in [-0.3, -0.25) is 10.1 Å². The number of ether oxygens (including phenoxy) is 1. The molecule has 0 heterocycles. The first-order chi connectivity index (χ1) is 8.83. The van der Waals surface area contributed by atoms with Crippen LogP contribution in [0.2, 0.25) is 0 Å².